The predicted octanol–water partition coefficient (Wildman–Crippen LogP) is 3.52. The summed E-state index contributed by atoms with van der Waals surface area (Å²) in [6, 6.07) is 10.4. The van der Waals surface area contributed by atoms with Crippen molar-refractivity contribution in [3.05, 3.63) is 59.4 Å². The highest BCUT2D eigenvalue weighted by molar-refractivity contribution is 5.94. The van der Waals surface area contributed by atoms with Crippen molar-refractivity contribution in [3.63, 3.8) is 0 Å². The molecule has 1 aliphatic heterocycles. The first-order chi connectivity index (χ1) is 13.8. The predicted molar refractivity (Wildman–Crippen MR) is 102 cm³/mol. The number of piperazine rings is 1. The summed E-state index contributed by atoms with van der Waals surface area (Å²) >= 11 is 0. The highest BCUT2D eigenvalue weighted by Gasteiger charge is 2.23. The Morgan fingerprint density at radius 1 is 1.03 bits per heavy atom. The SMILES string of the molecule is CC(=O)c1ccc(N2CCN(C(=O)Cc3ccc(OC(F)F)cc3)CC2)c(F)c1. The monoisotopic (exact) mass is 406 g/mol. The molecule has 1 heterocycles. The lowest BCUT2D eigenvalue weighted by atomic mass is 10.1. The van der Waals surface area contributed by atoms with Gasteiger partial charge in [0.2, 0.25) is 5.91 Å². The third kappa shape index (κ3) is 5.28. The summed E-state index contributed by atoms with van der Waals surface area (Å²) in [4.78, 5) is 27.4. The van der Waals surface area contributed by atoms with Crippen molar-refractivity contribution in [2.24, 2.45) is 0 Å². The third-order valence-electron chi connectivity index (χ3n) is 4.83. The van der Waals surface area contributed by atoms with E-state index in [9.17, 15) is 22.8 Å². The van der Waals surface area contributed by atoms with Gasteiger partial charge in [-0.2, -0.15) is 8.78 Å². The normalized spacial score (nSPS) is 14.2. The first kappa shape index (κ1) is 20.7. The Hall–Kier alpha value is -3.03. The molecule has 0 aliphatic carbocycles. The van der Waals surface area contributed by atoms with E-state index in [1.54, 1.807) is 29.2 Å². The fourth-order valence-electron chi connectivity index (χ4n) is 3.25. The molecular formula is C21H21F3N2O3. The summed E-state index contributed by atoms with van der Waals surface area (Å²) < 4.78 is 43.0. The molecule has 3 rings (SSSR count). The fourth-order valence-corrected chi connectivity index (χ4v) is 3.25. The molecule has 0 radical (unpaired) electrons. The molecule has 29 heavy (non-hydrogen) atoms. The first-order valence-electron chi connectivity index (χ1n) is 9.20. The minimum Gasteiger partial charge on any atom is -0.435 e. The van der Waals surface area contributed by atoms with Crippen LogP contribution >= 0.6 is 0 Å². The highest BCUT2D eigenvalue weighted by atomic mass is 19.3. The van der Waals surface area contributed by atoms with Gasteiger partial charge in [0.1, 0.15) is 11.6 Å². The van der Waals surface area contributed by atoms with E-state index in [-0.39, 0.29) is 23.9 Å². The second kappa shape index (κ2) is 8.98. The summed E-state index contributed by atoms with van der Waals surface area (Å²) in [5.41, 5.74) is 1.44. The molecule has 0 N–H and O–H groups in total. The highest BCUT2D eigenvalue weighted by Crippen LogP contribution is 2.23. The van der Waals surface area contributed by atoms with Gasteiger partial charge in [0.15, 0.2) is 5.78 Å². The van der Waals surface area contributed by atoms with Gasteiger partial charge in [0, 0.05) is 31.7 Å². The van der Waals surface area contributed by atoms with E-state index in [2.05, 4.69) is 4.74 Å². The number of carbonyl (C=O) groups is 2. The topological polar surface area (TPSA) is 49.9 Å². The van der Waals surface area contributed by atoms with Gasteiger partial charge in [-0.3, -0.25) is 9.59 Å². The minimum absolute atomic E-state index is 0.0441. The van der Waals surface area contributed by atoms with E-state index in [4.69, 9.17) is 0 Å². The Kier molecular flexibility index (Phi) is 6.41. The van der Waals surface area contributed by atoms with Crippen LogP contribution in [0.25, 0.3) is 0 Å². The van der Waals surface area contributed by atoms with Gasteiger partial charge in [-0.1, -0.05) is 12.1 Å². The van der Waals surface area contributed by atoms with Crippen molar-refractivity contribution in [2.75, 3.05) is 31.1 Å². The Morgan fingerprint density at radius 2 is 1.69 bits per heavy atom. The van der Waals surface area contributed by atoms with Gasteiger partial charge in [0.25, 0.3) is 0 Å². The summed E-state index contributed by atoms with van der Waals surface area (Å²) in [6.07, 6.45) is 0.149. The Bertz CT molecular complexity index is 879. The summed E-state index contributed by atoms with van der Waals surface area (Å²) in [5, 5.41) is 0. The van der Waals surface area contributed by atoms with E-state index in [1.807, 2.05) is 4.90 Å². The number of benzene rings is 2. The number of rotatable bonds is 6. The number of hydrogen-bond donors (Lipinski definition) is 0. The lowest BCUT2D eigenvalue weighted by Crippen LogP contribution is -2.49. The van der Waals surface area contributed by atoms with Crippen LogP contribution in [0.4, 0.5) is 18.9 Å². The second-order valence-corrected chi connectivity index (χ2v) is 6.79. The maximum Gasteiger partial charge on any atom is 0.387 e. The Balaban J connectivity index is 1.55. The van der Waals surface area contributed by atoms with Gasteiger partial charge in [-0.15, -0.1) is 0 Å². The molecule has 0 atom stereocenters. The van der Waals surface area contributed by atoms with Crippen molar-refractivity contribution in [1.29, 1.82) is 0 Å². The quantitative estimate of drug-likeness (QED) is 0.689. The smallest absolute Gasteiger partial charge is 0.387 e. The standard InChI is InChI=1S/C21H21F3N2O3/c1-14(27)16-4-7-19(18(22)13-16)25-8-10-26(11-9-25)20(28)12-15-2-5-17(6-3-15)29-21(23)24/h2-7,13,21H,8-12H2,1H3. The van der Waals surface area contributed by atoms with Crippen LogP contribution in [0.5, 0.6) is 5.75 Å². The van der Waals surface area contributed by atoms with Crippen LogP contribution in [-0.4, -0.2) is 49.4 Å². The van der Waals surface area contributed by atoms with Crippen molar-refractivity contribution in [1.82, 2.24) is 4.90 Å². The molecule has 154 valence electrons. The van der Waals surface area contributed by atoms with E-state index >= 15 is 0 Å². The van der Waals surface area contributed by atoms with Gasteiger partial charge in [-0.05, 0) is 42.8 Å². The number of halogens is 3. The molecule has 1 fully saturated rings. The van der Waals surface area contributed by atoms with Crippen LogP contribution in [0.1, 0.15) is 22.8 Å². The summed E-state index contributed by atoms with van der Waals surface area (Å²) in [7, 11) is 0. The molecule has 2 aromatic carbocycles. The largest absolute Gasteiger partial charge is 0.435 e. The average Bonchev–Trinajstić information content (AvgIpc) is 2.69. The molecular weight excluding hydrogens is 385 g/mol. The molecule has 0 unspecified atom stereocenters. The number of anilines is 1. The van der Waals surface area contributed by atoms with E-state index in [0.717, 1.165) is 0 Å². The number of carbonyl (C=O) groups excluding carboxylic acids is 2. The number of amides is 1. The molecule has 0 aromatic heterocycles. The van der Waals surface area contributed by atoms with Crippen LogP contribution in [0.15, 0.2) is 42.5 Å². The number of Topliss-reactive ketones (excluding diaryl/α,β-unsaturated/α-hetero) is 1. The van der Waals surface area contributed by atoms with Crippen molar-refractivity contribution < 1.29 is 27.5 Å². The van der Waals surface area contributed by atoms with Gasteiger partial charge >= 0.3 is 6.61 Å². The Morgan fingerprint density at radius 3 is 2.24 bits per heavy atom. The molecule has 0 spiro atoms. The van der Waals surface area contributed by atoms with E-state index in [0.29, 0.717) is 43.0 Å². The molecule has 1 saturated heterocycles. The lowest BCUT2D eigenvalue weighted by Gasteiger charge is -2.36. The van der Waals surface area contributed by atoms with E-state index < -0.39 is 12.4 Å². The number of ether oxygens (including phenoxy) is 1. The minimum atomic E-state index is -2.89. The zero-order valence-corrected chi connectivity index (χ0v) is 15.9. The van der Waals surface area contributed by atoms with Crippen LogP contribution < -0.4 is 9.64 Å². The molecule has 1 aliphatic rings. The Labute approximate surface area is 166 Å². The van der Waals surface area contributed by atoms with Crippen LogP contribution in [0.3, 0.4) is 0 Å². The average molecular weight is 406 g/mol. The van der Waals surface area contributed by atoms with Crippen molar-refractivity contribution in [2.45, 2.75) is 20.0 Å². The van der Waals surface area contributed by atoms with Crippen LogP contribution in [0.2, 0.25) is 0 Å². The molecule has 1 amide bonds. The zero-order valence-electron chi connectivity index (χ0n) is 15.9. The lowest BCUT2D eigenvalue weighted by molar-refractivity contribution is -0.130. The molecule has 0 saturated carbocycles. The van der Waals surface area contributed by atoms with Crippen LogP contribution in [0, 0.1) is 5.82 Å². The molecule has 8 heteroatoms. The molecule has 0 bridgehead atoms. The number of alkyl halides is 2. The third-order valence-corrected chi connectivity index (χ3v) is 4.83. The molecule has 2 aromatic rings. The number of hydrogen-bond acceptors (Lipinski definition) is 4. The van der Waals surface area contributed by atoms with Crippen molar-refractivity contribution >= 4 is 17.4 Å². The number of nitrogens with zero attached hydrogens (tertiary/aromatic N) is 2. The molecule has 5 nitrogen and oxygen atoms in total. The van der Waals surface area contributed by atoms with Gasteiger partial charge in [-0.25, -0.2) is 4.39 Å². The summed E-state index contributed by atoms with van der Waals surface area (Å²) in [6.45, 7) is 0.339. The van der Waals surface area contributed by atoms with Gasteiger partial charge in [0.05, 0.1) is 12.1 Å². The summed E-state index contributed by atoms with van der Waals surface area (Å²) in [5.74, 6) is -0.689. The van der Waals surface area contributed by atoms with Gasteiger partial charge < -0.3 is 14.5 Å². The van der Waals surface area contributed by atoms with Crippen molar-refractivity contribution in [3.8, 4) is 5.75 Å². The first-order valence-corrected chi connectivity index (χ1v) is 9.20. The number of ketones is 1. The fraction of sp³-hybridized carbons (Fsp3) is 0.333. The maximum atomic E-state index is 14.3. The maximum absolute atomic E-state index is 14.3. The van der Waals surface area contributed by atoms with Crippen LogP contribution in [-0.2, 0) is 11.2 Å². The van der Waals surface area contributed by atoms with E-state index in [1.165, 1.54) is 25.1 Å². The zero-order chi connectivity index (χ0) is 21.0. The second-order valence-electron chi connectivity index (χ2n) is 6.79.